The van der Waals surface area contributed by atoms with Crippen molar-refractivity contribution in [3.63, 3.8) is 0 Å². The number of fused-ring (bicyclic) bond motifs is 1. The highest BCUT2D eigenvalue weighted by atomic mass is 16.3. The van der Waals surface area contributed by atoms with Gasteiger partial charge < -0.3 is 10.4 Å². The molecule has 3 aliphatic rings. The number of nitrogens with one attached hydrogen (secondary N) is 1. The summed E-state index contributed by atoms with van der Waals surface area (Å²) < 4.78 is 0. The quantitative estimate of drug-likeness (QED) is 0.762. The molecule has 2 N–H and O–H groups in total. The highest BCUT2D eigenvalue weighted by molar-refractivity contribution is 4.95. The van der Waals surface area contributed by atoms with Crippen molar-refractivity contribution in [2.45, 2.75) is 56.6 Å². The zero-order chi connectivity index (χ0) is 11.7. The summed E-state index contributed by atoms with van der Waals surface area (Å²) in [5, 5.41) is 14.2. The van der Waals surface area contributed by atoms with E-state index in [2.05, 4.69) is 10.2 Å². The Balaban J connectivity index is 1.63. The summed E-state index contributed by atoms with van der Waals surface area (Å²) in [4.78, 5) is 2.58. The number of likely N-dealkylation sites (tertiary alicyclic amines) is 1. The van der Waals surface area contributed by atoms with Crippen LogP contribution >= 0.6 is 0 Å². The average Bonchev–Trinajstić information content (AvgIpc) is 2.79. The van der Waals surface area contributed by atoms with Crippen molar-refractivity contribution in [2.24, 2.45) is 5.92 Å². The van der Waals surface area contributed by atoms with E-state index in [4.69, 9.17) is 0 Å². The molecular formula is C14H26N2O. The first-order valence-electron chi connectivity index (χ1n) is 7.44. The highest BCUT2D eigenvalue weighted by Gasteiger charge is 2.39. The predicted octanol–water partition coefficient (Wildman–Crippen LogP) is 1.37. The van der Waals surface area contributed by atoms with Gasteiger partial charge in [0.1, 0.15) is 0 Å². The van der Waals surface area contributed by atoms with Gasteiger partial charge in [-0.1, -0.05) is 19.3 Å². The monoisotopic (exact) mass is 238 g/mol. The molecule has 0 spiro atoms. The third kappa shape index (κ3) is 2.51. The topological polar surface area (TPSA) is 35.5 Å². The van der Waals surface area contributed by atoms with Crippen molar-refractivity contribution < 1.29 is 5.11 Å². The third-order valence-electron chi connectivity index (χ3n) is 5.08. The molecule has 3 heteroatoms. The van der Waals surface area contributed by atoms with E-state index >= 15 is 0 Å². The van der Waals surface area contributed by atoms with Gasteiger partial charge in [0.2, 0.25) is 0 Å². The van der Waals surface area contributed by atoms with Crippen molar-refractivity contribution in [1.29, 1.82) is 0 Å². The zero-order valence-corrected chi connectivity index (χ0v) is 10.8. The lowest BCUT2D eigenvalue weighted by atomic mass is 9.83. The number of rotatable bonds is 2. The van der Waals surface area contributed by atoms with Gasteiger partial charge in [0.15, 0.2) is 0 Å². The van der Waals surface area contributed by atoms with Crippen LogP contribution in [0.4, 0.5) is 0 Å². The smallest absolute Gasteiger partial charge is 0.0774 e. The normalized spacial score (nSPS) is 37.9. The molecule has 17 heavy (non-hydrogen) atoms. The summed E-state index contributed by atoms with van der Waals surface area (Å²) in [5.74, 6) is 0.843. The van der Waals surface area contributed by atoms with Crippen LogP contribution in [0.1, 0.15) is 44.9 Å². The number of aliphatic hydroxyl groups is 1. The highest BCUT2D eigenvalue weighted by Crippen LogP contribution is 2.33. The molecule has 3 rings (SSSR count). The van der Waals surface area contributed by atoms with Gasteiger partial charge in [-0.25, -0.2) is 0 Å². The third-order valence-corrected chi connectivity index (χ3v) is 5.08. The number of hydrogen-bond donors (Lipinski definition) is 2. The van der Waals surface area contributed by atoms with E-state index in [9.17, 15) is 5.11 Å². The summed E-state index contributed by atoms with van der Waals surface area (Å²) in [6.07, 6.45) is 8.50. The van der Waals surface area contributed by atoms with E-state index in [1.165, 1.54) is 45.2 Å². The SMILES string of the molecule is OC1(CN2CCCC3CNCC32)CCCCC1. The first-order chi connectivity index (χ1) is 8.27. The van der Waals surface area contributed by atoms with Crippen molar-refractivity contribution in [1.82, 2.24) is 10.2 Å². The number of hydrogen-bond acceptors (Lipinski definition) is 3. The van der Waals surface area contributed by atoms with Gasteiger partial charge in [0.25, 0.3) is 0 Å². The van der Waals surface area contributed by atoms with Gasteiger partial charge in [0.05, 0.1) is 5.60 Å². The summed E-state index contributed by atoms with van der Waals surface area (Å²) in [7, 11) is 0. The van der Waals surface area contributed by atoms with Crippen LogP contribution in [0, 0.1) is 5.92 Å². The molecule has 2 unspecified atom stereocenters. The fourth-order valence-corrected chi connectivity index (χ4v) is 4.11. The molecule has 0 aromatic carbocycles. The van der Waals surface area contributed by atoms with Crippen LogP contribution in [0.5, 0.6) is 0 Å². The minimum Gasteiger partial charge on any atom is -0.389 e. The lowest BCUT2D eigenvalue weighted by Gasteiger charge is -2.43. The van der Waals surface area contributed by atoms with Gasteiger partial charge in [-0.2, -0.15) is 0 Å². The zero-order valence-electron chi connectivity index (χ0n) is 10.8. The molecule has 2 heterocycles. The Labute approximate surface area is 105 Å². The van der Waals surface area contributed by atoms with Crippen LogP contribution in [0.2, 0.25) is 0 Å². The maximum absolute atomic E-state index is 10.7. The van der Waals surface area contributed by atoms with Crippen molar-refractivity contribution >= 4 is 0 Å². The van der Waals surface area contributed by atoms with Gasteiger partial charge in [-0.05, 0) is 44.7 Å². The Morgan fingerprint density at radius 2 is 1.94 bits per heavy atom. The van der Waals surface area contributed by atoms with E-state index in [-0.39, 0.29) is 5.60 Å². The second-order valence-corrected chi connectivity index (χ2v) is 6.38. The maximum atomic E-state index is 10.7. The molecule has 1 aliphatic carbocycles. The summed E-state index contributed by atoms with van der Waals surface area (Å²) >= 11 is 0. The predicted molar refractivity (Wildman–Crippen MR) is 69.0 cm³/mol. The lowest BCUT2D eigenvalue weighted by Crippen LogP contribution is -2.52. The minimum atomic E-state index is -0.372. The molecule has 1 saturated carbocycles. The van der Waals surface area contributed by atoms with Gasteiger partial charge in [0, 0.05) is 19.1 Å². The Hall–Kier alpha value is -0.120. The van der Waals surface area contributed by atoms with Crippen LogP contribution < -0.4 is 5.32 Å². The van der Waals surface area contributed by atoms with E-state index in [0.29, 0.717) is 6.04 Å². The first kappa shape index (κ1) is 11.9. The van der Waals surface area contributed by atoms with Crippen molar-refractivity contribution in [3.05, 3.63) is 0 Å². The minimum absolute atomic E-state index is 0.372. The fraction of sp³-hybridized carbons (Fsp3) is 1.00. The Kier molecular flexibility index (Phi) is 3.42. The Morgan fingerprint density at radius 1 is 1.12 bits per heavy atom. The lowest BCUT2D eigenvalue weighted by molar-refractivity contribution is -0.0449. The maximum Gasteiger partial charge on any atom is 0.0774 e. The average molecular weight is 238 g/mol. The van der Waals surface area contributed by atoms with Crippen molar-refractivity contribution in [3.8, 4) is 0 Å². The van der Waals surface area contributed by atoms with Gasteiger partial charge in [-0.3, -0.25) is 4.90 Å². The number of piperidine rings is 1. The first-order valence-corrected chi connectivity index (χ1v) is 7.44. The second-order valence-electron chi connectivity index (χ2n) is 6.38. The molecule has 0 aromatic heterocycles. The molecule has 2 aliphatic heterocycles. The van der Waals surface area contributed by atoms with Crippen LogP contribution in [-0.2, 0) is 0 Å². The second kappa shape index (κ2) is 4.87. The molecule has 0 amide bonds. The van der Waals surface area contributed by atoms with Crippen LogP contribution in [0.25, 0.3) is 0 Å². The Bertz CT molecular complexity index is 263. The molecular weight excluding hydrogens is 212 g/mol. The number of nitrogens with zero attached hydrogens (tertiary/aromatic N) is 1. The molecule has 0 bridgehead atoms. The van der Waals surface area contributed by atoms with E-state index in [1.54, 1.807) is 0 Å². The molecule has 0 radical (unpaired) electrons. The molecule has 3 fully saturated rings. The Morgan fingerprint density at radius 3 is 2.76 bits per heavy atom. The summed E-state index contributed by atoms with van der Waals surface area (Å²) in [6.45, 7) is 4.46. The molecule has 3 nitrogen and oxygen atoms in total. The molecule has 2 atom stereocenters. The summed E-state index contributed by atoms with van der Waals surface area (Å²) in [6, 6.07) is 0.703. The van der Waals surface area contributed by atoms with Crippen LogP contribution in [0.15, 0.2) is 0 Å². The molecule has 2 saturated heterocycles. The molecule has 98 valence electrons. The van der Waals surface area contributed by atoms with Gasteiger partial charge >= 0.3 is 0 Å². The van der Waals surface area contributed by atoms with E-state index in [1.807, 2.05) is 0 Å². The summed E-state index contributed by atoms with van der Waals surface area (Å²) in [5.41, 5.74) is -0.372. The van der Waals surface area contributed by atoms with E-state index < -0.39 is 0 Å². The van der Waals surface area contributed by atoms with E-state index in [0.717, 1.165) is 31.8 Å². The standard InChI is InChI=1S/C14H26N2O/c17-14(6-2-1-3-7-14)11-16-8-4-5-12-9-15-10-13(12)16/h12-13,15,17H,1-11H2. The number of β-amino-alcohol motifs (C(OH)–C–C–N with tert-alkyl or cyclic N) is 1. The van der Waals surface area contributed by atoms with Crippen molar-refractivity contribution in [2.75, 3.05) is 26.2 Å². The largest absolute Gasteiger partial charge is 0.389 e. The van der Waals surface area contributed by atoms with Gasteiger partial charge in [-0.15, -0.1) is 0 Å². The van der Waals surface area contributed by atoms with Crippen LogP contribution in [0.3, 0.4) is 0 Å². The fourth-order valence-electron chi connectivity index (χ4n) is 4.11. The molecule has 0 aromatic rings. The van der Waals surface area contributed by atoms with Crippen LogP contribution in [-0.4, -0.2) is 47.8 Å².